The molecule has 8 heteroatoms. The second-order valence-electron chi connectivity index (χ2n) is 4.99. The van der Waals surface area contributed by atoms with E-state index in [0.717, 1.165) is 0 Å². The van der Waals surface area contributed by atoms with Crippen molar-refractivity contribution in [3.8, 4) is 5.69 Å². The van der Waals surface area contributed by atoms with Gasteiger partial charge in [-0.05, 0) is 19.1 Å². The minimum atomic E-state index is -3.24. The van der Waals surface area contributed by atoms with Gasteiger partial charge in [0.05, 0.1) is 18.8 Å². The summed E-state index contributed by atoms with van der Waals surface area (Å²) in [7, 11) is 0. The monoisotopic (exact) mass is 322 g/mol. The smallest absolute Gasteiger partial charge is 0.277 e. The van der Waals surface area contributed by atoms with Gasteiger partial charge in [0, 0.05) is 11.8 Å². The first-order valence-corrected chi connectivity index (χ1v) is 6.86. The molecule has 1 heterocycles. The number of amides is 1. The zero-order valence-electron chi connectivity index (χ0n) is 12.4. The SMILES string of the molecule is Cc1cc(=O)c(C(=O)NCC(F)(F)CN)nn1-c1ccccc1. The van der Waals surface area contributed by atoms with Crippen molar-refractivity contribution in [1.82, 2.24) is 15.1 Å². The van der Waals surface area contributed by atoms with E-state index >= 15 is 0 Å². The van der Waals surface area contributed by atoms with E-state index in [4.69, 9.17) is 5.73 Å². The Balaban J connectivity index is 2.33. The highest BCUT2D eigenvalue weighted by molar-refractivity contribution is 5.92. The molecule has 122 valence electrons. The molecule has 2 aromatic rings. The van der Waals surface area contributed by atoms with Crippen molar-refractivity contribution in [3.05, 3.63) is 58.0 Å². The number of nitrogens with zero attached hydrogens (tertiary/aromatic N) is 2. The summed E-state index contributed by atoms with van der Waals surface area (Å²) in [6, 6.07) is 10.1. The van der Waals surface area contributed by atoms with Crippen LogP contribution in [0.2, 0.25) is 0 Å². The summed E-state index contributed by atoms with van der Waals surface area (Å²) < 4.78 is 27.6. The number of hydrogen-bond acceptors (Lipinski definition) is 4. The highest BCUT2D eigenvalue weighted by Crippen LogP contribution is 2.10. The summed E-state index contributed by atoms with van der Waals surface area (Å²) >= 11 is 0. The number of nitrogens with one attached hydrogen (secondary N) is 1. The first-order chi connectivity index (χ1) is 10.8. The van der Waals surface area contributed by atoms with Crippen LogP contribution in [0.5, 0.6) is 0 Å². The number of nitrogens with two attached hydrogens (primary N) is 1. The number of alkyl halides is 2. The van der Waals surface area contributed by atoms with Gasteiger partial charge in [-0.1, -0.05) is 18.2 Å². The third-order valence-electron chi connectivity index (χ3n) is 3.13. The standard InChI is InChI=1S/C15H16F2N4O2/c1-10-7-12(22)13(14(23)19-9-15(16,17)8-18)20-21(10)11-5-3-2-4-6-11/h2-7H,8-9,18H2,1H3,(H,19,23). The summed E-state index contributed by atoms with van der Waals surface area (Å²) in [6.45, 7) is -0.197. The zero-order valence-corrected chi connectivity index (χ0v) is 12.4. The van der Waals surface area contributed by atoms with Crippen LogP contribution in [0, 0.1) is 6.92 Å². The molecule has 0 unspecified atom stereocenters. The number of carbonyl (C=O) groups excluding carboxylic acids is 1. The van der Waals surface area contributed by atoms with Crippen LogP contribution in [0.3, 0.4) is 0 Å². The van der Waals surface area contributed by atoms with Gasteiger partial charge in [-0.15, -0.1) is 0 Å². The van der Waals surface area contributed by atoms with Crippen molar-refractivity contribution in [1.29, 1.82) is 0 Å². The molecule has 0 aliphatic rings. The molecule has 0 spiro atoms. The van der Waals surface area contributed by atoms with Crippen LogP contribution in [0.15, 0.2) is 41.2 Å². The van der Waals surface area contributed by atoms with Gasteiger partial charge < -0.3 is 11.1 Å². The second-order valence-corrected chi connectivity index (χ2v) is 4.99. The third-order valence-corrected chi connectivity index (χ3v) is 3.13. The minimum Gasteiger partial charge on any atom is -0.344 e. The number of aryl methyl sites for hydroxylation is 1. The summed E-state index contributed by atoms with van der Waals surface area (Å²) in [5.74, 6) is -4.20. The number of halogens is 2. The van der Waals surface area contributed by atoms with Crippen LogP contribution in [-0.4, -0.2) is 34.7 Å². The van der Waals surface area contributed by atoms with Gasteiger partial charge in [-0.2, -0.15) is 5.10 Å². The molecule has 0 saturated heterocycles. The number of benzene rings is 1. The molecule has 2 rings (SSSR count). The van der Waals surface area contributed by atoms with E-state index in [1.165, 1.54) is 10.7 Å². The van der Waals surface area contributed by atoms with Crippen LogP contribution in [0.1, 0.15) is 16.2 Å². The maximum absolute atomic E-state index is 13.1. The van der Waals surface area contributed by atoms with Crippen LogP contribution in [-0.2, 0) is 0 Å². The summed E-state index contributed by atoms with van der Waals surface area (Å²) in [5.41, 5.74) is 4.97. The molecule has 1 aromatic carbocycles. The normalized spacial score (nSPS) is 11.3. The van der Waals surface area contributed by atoms with Gasteiger partial charge >= 0.3 is 0 Å². The molecule has 1 amide bonds. The lowest BCUT2D eigenvalue weighted by Crippen LogP contribution is -2.43. The first-order valence-electron chi connectivity index (χ1n) is 6.86. The lowest BCUT2D eigenvalue weighted by Gasteiger charge is -2.15. The van der Waals surface area contributed by atoms with E-state index in [9.17, 15) is 18.4 Å². The number of aromatic nitrogens is 2. The zero-order chi connectivity index (χ0) is 17.0. The van der Waals surface area contributed by atoms with Crippen molar-refractivity contribution < 1.29 is 13.6 Å². The molecule has 0 aliphatic heterocycles. The van der Waals surface area contributed by atoms with E-state index in [1.807, 2.05) is 11.4 Å². The molecular formula is C15H16F2N4O2. The Hall–Kier alpha value is -2.61. The molecule has 1 aromatic heterocycles. The Morgan fingerprint density at radius 2 is 2.00 bits per heavy atom. The lowest BCUT2D eigenvalue weighted by atomic mass is 10.2. The molecular weight excluding hydrogens is 306 g/mol. The molecule has 0 bridgehead atoms. The lowest BCUT2D eigenvalue weighted by molar-refractivity contribution is 0.0118. The van der Waals surface area contributed by atoms with Crippen LogP contribution < -0.4 is 16.5 Å². The molecule has 0 saturated carbocycles. The van der Waals surface area contributed by atoms with Gasteiger partial charge in [-0.3, -0.25) is 9.59 Å². The number of rotatable bonds is 5. The molecule has 0 atom stereocenters. The second kappa shape index (κ2) is 6.66. The molecule has 6 nitrogen and oxygen atoms in total. The maximum Gasteiger partial charge on any atom is 0.277 e. The Bertz CT molecular complexity index is 760. The molecule has 0 radical (unpaired) electrons. The minimum absolute atomic E-state index is 0.452. The summed E-state index contributed by atoms with van der Waals surface area (Å²) in [6.07, 6.45) is 0. The molecule has 3 N–H and O–H groups in total. The quantitative estimate of drug-likeness (QED) is 0.854. The highest BCUT2D eigenvalue weighted by Gasteiger charge is 2.28. The van der Waals surface area contributed by atoms with Gasteiger partial charge in [0.1, 0.15) is 0 Å². The maximum atomic E-state index is 13.1. The number of para-hydroxylation sites is 1. The molecule has 23 heavy (non-hydrogen) atoms. The highest BCUT2D eigenvalue weighted by atomic mass is 19.3. The van der Waals surface area contributed by atoms with E-state index in [2.05, 4.69) is 5.10 Å². The first kappa shape index (κ1) is 16.8. The van der Waals surface area contributed by atoms with Crippen LogP contribution >= 0.6 is 0 Å². The number of carbonyl (C=O) groups is 1. The predicted molar refractivity (Wildman–Crippen MR) is 80.9 cm³/mol. The predicted octanol–water partition coefficient (Wildman–Crippen LogP) is 0.865. The Morgan fingerprint density at radius 3 is 2.61 bits per heavy atom. The van der Waals surface area contributed by atoms with Gasteiger partial charge in [0.2, 0.25) is 5.43 Å². The average Bonchev–Trinajstić information content (AvgIpc) is 2.53. The van der Waals surface area contributed by atoms with Crippen molar-refractivity contribution in [2.45, 2.75) is 12.8 Å². The van der Waals surface area contributed by atoms with E-state index in [-0.39, 0.29) is 0 Å². The van der Waals surface area contributed by atoms with Crippen LogP contribution in [0.4, 0.5) is 8.78 Å². The fraction of sp³-hybridized carbons (Fsp3) is 0.267. The number of hydrogen-bond donors (Lipinski definition) is 2. The Morgan fingerprint density at radius 1 is 1.35 bits per heavy atom. The third kappa shape index (κ3) is 3.98. The van der Waals surface area contributed by atoms with Crippen molar-refractivity contribution in [2.24, 2.45) is 5.73 Å². The van der Waals surface area contributed by atoms with Crippen LogP contribution in [0.25, 0.3) is 5.69 Å². The van der Waals surface area contributed by atoms with Crippen molar-refractivity contribution >= 4 is 5.91 Å². The fourth-order valence-electron chi connectivity index (χ4n) is 1.90. The van der Waals surface area contributed by atoms with E-state index in [1.54, 1.807) is 31.2 Å². The van der Waals surface area contributed by atoms with E-state index < -0.39 is 36.0 Å². The topological polar surface area (TPSA) is 90.0 Å². The molecule has 0 fully saturated rings. The van der Waals surface area contributed by atoms with Gasteiger partial charge in [-0.25, -0.2) is 13.5 Å². The largest absolute Gasteiger partial charge is 0.344 e. The fourth-order valence-corrected chi connectivity index (χ4v) is 1.90. The van der Waals surface area contributed by atoms with Crippen molar-refractivity contribution in [2.75, 3.05) is 13.1 Å². The Kier molecular flexibility index (Phi) is 4.85. The average molecular weight is 322 g/mol. The summed E-state index contributed by atoms with van der Waals surface area (Å²) in [5, 5.41) is 5.97. The van der Waals surface area contributed by atoms with Crippen molar-refractivity contribution in [3.63, 3.8) is 0 Å². The Labute approximate surface area is 130 Å². The molecule has 0 aliphatic carbocycles. The van der Waals surface area contributed by atoms with Gasteiger partial charge in [0.25, 0.3) is 11.8 Å². The van der Waals surface area contributed by atoms with Gasteiger partial charge in [0.15, 0.2) is 5.69 Å². The van der Waals surface area contributed by atoms with E-state index in [0.29, 0.717) is 11.4 Å². The summed E-state index contributed by atoms with van der Waals surface area (Å²) in [4.78, 5) is 23.9.